The van der Waals surface area contributed by atoms with Gasteiger partial charge in [0, 0.05) is 25.1 Å². The second kappa shape index (κ2) is 11.0. The Hall–Kier alpha value is -2.58. The zero-order valence-electron chi connectivity index (χ0n) is 18.3. The van der Waals surface area contributed by atoms with E-state index in [2.05, 4.69) is 46.7 Å². The lowest BCUT2D eigenvalue weighted by Crippen LogP contribution is -2.52. The first kappa shape index (κ1) is 23.7. The maximum Gasteiger partial charge on any atom is 0.405 e. The number of hydrogen-bond acceptors (Lipinski definition) is 4. The lowest BCUT2D eigenvalue weighted by atomic mass is 9.70. The van der Waals surface area contributed by atoms with Crippen LogP contribution in [0.2, 0.25) is 0 Å². The van der Waals surface area contributed by atoms with Crippen LogP contribution in [0.5, 0.6) is 0 Å². The number of aromatic amines is 1. The fraction of sp³-hybridized carbons (Fsp3) is 0.714. The predicted octanol–water partition coefficient (Wildman–Crippen LogP) is 1.92. The number of carbonyl (C=O) groups excluding carboxylic acids is 2. The van der Waals surface area contributed by atoms with E-state index in [4.69, 9.17) is 5.11 Å². The summed E-state index contributed by atoms with van der Waals surface area (Å²) in [5.74, 6) is 0.884. The Balaban J connectivity index is 2.01. The van der Waals surface area contributed by atoms with Gasteiger partial charge in [-0.2, -0.15) is 0 Å². The molecule has 1 aromatic heterocycles. The number of H-pyrrole nitrogens is 1. The number of nitrogens with zero attached hydrogens (tertiary/aromatic N) is 1. The average molecular weight is 422 g/mol. The van der Waals surface area contributed by atoms with Crippen LogP contribution in [0.25, 0.3) is 0 Å². The summed E-state index contributed by atoms with van der Waals surface area (Å²) < 4.78 is 0. The minimum Gasteiger partial charge on any atom is -0.465 e. The van der Waals surface area contributed by atoms with Gasteiger partial charge in [0.15, 0.2) is 0 Å². The molecule has 1 heterocycles. The van der Waals surface area contributed by atoms with Crippen molar-refractivity contribution in [3.63, 3.8) is 0 Å². The van der Waals surface area contributed by atoms with Crippen LogP contribution in [0.15, 0.2) is 12.5 Å². The van der Waals surface area contributed by atoms with Crippen molar-refractivity contribution in [2.75, 3.05) is 6.54 Å². The van der Waals surface area contributed by atoms with Gasteiger partial charge in [0.25, 0.3) is 0 Å². The number of hydrogen-bond donors (Lipinski definition) is 5. The highest BCUT2D eigenvalue weighted by Crippen LogP contribution is 2.38. The monoisotopic (exact) mass is 421 g/mol. The van der Waals surface area contributed by atoms with Crippen LogP contribution in [0.3, 0.4) is 0 Å². The number of rotatable bonds is 9. The quantitative estimate of drug-likeness (QED) is 0.415. The molecule has 1 aromatic rings. The van der Waals surface area contributed by atoms with Gasteiger partial charge in [0.1, 0.15) is 6.04 Å². The zero-order chi connectivity index (χ0) is 22.3. The van der Waals surface area contributed by atoms with E-state index in [9.17, 15) is 14.4 Å². The van der Waals surface area contributed by atoms with Crippen molar-refractivity contribution in [1.29, 1.82) is 0 Å². The molecule has 0 unspecified atom stereocenters. The van der Waals surface area contributed by atoms with Crippen molar-refractivity contribution in [3.05, 3.63) is 18.2 Å². The molecule has 1 aliphatic rings. The summed E-state index contributed by atoms with van der Waals surface area (Å²) in [6, 6.07) is -1.30. The predicted molar refractivity (Wildman–Crippen MR) is 113 cm³/mol. The molecule has 0 spiro atoms. The number of nitrogens with one attached hydrogen (secondary N) is 4. The fourth-order valence-electron chi connectivity index (χ4n) is 4.26. The van der Waals surface area contributed by atoms with E-state index >= 15 is 0 Å². The zero-order valence-corrected chi connectivity index (χ0v) is 18.3. The molecule has 0 bridgehead atoms. The number of aromatic nitrogens is 2. The summed E-state index contributed by atoms with van der Waals surface area (Å²) in [7, 11) is 0. The Kier molecular flexibility index (Phi) is 8.68. The van der Waals surface area contributed by atoms with Crippen LogP contribution in [0.1, 0.15) is 52.7 Å². The third kappa shape index (κ3) is 7.03. The van der Waals surface area contributed by atoms with Gasteiger partial charge in [0.2, 0.25) is 11.8 Å². The average Bonchev–Trinajstić information content (AvgIpc) is 3.17. The first-order chi connectivity index (χ1) is 14.2. The highest BCUT2D eigenvalue weighted by Gasteiger charge is 2.35. The number of amides is 3. The van der Waals surface area contributed by atoms with Gasteiger partial charge in [-0.25, -0.2) is 9.78 Å². The van der Waals surface area contributed by atoms with Gasteiger partial charge in [0.05, 0.1) is 18.1 Å². The van der Waals surface area contributed by atoms with Crippen molar-refractivity contribution in [3.8, 4) is 0 Å². The summed E-state index contributed by atoms with van der Waals surface area (Å²) in [5.41, 5.74) is 0.750. The Morgan fingerprint density at radius 3 is 2.57 bits per heavy atom. The lowest BCUT2D eigenvalue weighted by molar-refractivity contribution is -0.130. The fourth-order valence-corrected chi connectivity index (χ4v) is 4.26. The molecular weight excluding hydrogens is 386 g/mol. The molecule has 0 aliphatic heterocycles. The maximum absolute atomic E-state index is 13.0. The van der Waals surface area contributed by atoms with Crippen molar-refractivity contribution < 1.29 is 19.5 Å². The van der Waals surface area contributed by atoms with Crippen molar-refractivity contribution in [1.82, 2.24) is 25.9 Å². The molecule has 0 aromatic carbocycles. The molecule has 5 N–H and O–H groups in total. The third-order valence-corrected chi connectivity index (χ3v) is 5.97. The normalized spacial score (nSPS) is 23.4. The van der Waals surface area contributed by atoms with Gasteiger partial charge < -0.3 is 26.0 Å². The van der Waals surface area contributed by atoms with Gasteiger partial charge in [-0.1, -0.05) is 27.2 Å². The minimum atomic E-state index is -1.26. The second-order valence-electron chi connectivity index (χ2n) is 8.82. The molecule has 1 fully saturated rings. The Labute approximate surface area is 177 Å². The van der Waals surface area contributed by atoms with E-state index in [0.29, 0.717) is 24.2 Å². The largest absolute Gasteiger partial charge is 0.465 e. The third-order valence-electron chi connectivity index (χ3n) is 5.97. The summed E-state index contributed by atoms with van der Waals surface area (Å²) in [6.45, 7) is 8.25. The van der Waals surface area contributed by atoms with Crippen molar-refractivity contribution in [2.24, 2.45) is 23.7 Å². The summed E-state index contributed by atoms with van der Waals surface area (Å²) in [6.07, 6.45) is 5.53. The maximum atomic E-state index is 13.0. The Bertz CT molecular complexity index is 706. The van der Waals surface area contributed by atoms with E-state index in [-0.39, 0.29) is 18.4 Å². The van der Waals surface area contributed by atoms with Gasteiger partial charge in [-0.3, -0.25) is 9.59 Å². The van der Waals surface area contributed by atoms with Crippen LogP contribution in [0, 0.1) is 23.7 Å². The second-order valence-corrected chi connectivity index (χ2v) is 8.82. The van der Waals surface area contributed by atoms with E-state index < -0.39 is 24.1 Å². The first-order valence-corrected chi connectivity index (χ1v) is 10.7. The molecule has 1 saturated carbocycles. The van der Waals surface area contributed by atoms with Crippen LogP contribution in [-0.2, 0) is 16.0 Å². The molecule has 9 nitrogen and oxygen atoms in total. The van der Waals surface area contributed by atoms with E-state index in [1.807, 2.05) is 0 Å². The number of carbonyl (C=O) groups is 3. The van der Waals surface area contributed by atoms with Crippen LogP contribution in [-0.4, -0.2) is 51.6 Å². The number of imidazole rings is 1. The van der Waals surface area contributed by atoms with E-state index in [1.165, 1.54) is 6.92 Å². The summed E-state index contributed by atoms with van der Waals surface area (Å²) in [5, 5.41) is 16.8. The summed E-state index contributed by atoms with van der Waals surface area (Å²) in [4.78, 5) is 43.2. The Morgan fingerprint density at radius 2 is 1.97 bits per heavy atom. The van der Waals surface area contributed by atoms with E-state index in [1.54, 1.807) is 12.5 Å². The highest BCUT2D eigenvalue weighted by molar-refractivity contribution is 5.85. The molecule has 3 amide bonds. The van der Waals surface area contributed by atoms with E-state index in [0.717, 1.165) is 25.0 Å². The molecular formula is C21H35N5O4. The summed E-state index contributed by atoms with van der Waals surface area (Å²) >= 11 is 0. The standard InChI is InChI=1S/C21H35N5O4/c1-12(2)17-6-5-13(3)7-18(17)20(28)23-10-16(8-15-9-22-11-24-15)26-19(27)14(4)25-21(29)30/h9,11-14,16-18,25H,5-8,10H2,1-4H3,(H,22,24)(H,23,28)(H,26,27)(H,29,30)/t13-,14-,16+,17+,18-/m1/s1. The minimum absolute atomic E-state index is 0.0249. The topological polar surface area (TPSA) is 136 Å². The number of carboxylic acid groups (broad SMARTS) is 1. The first-order valence-electron chi connectivity index (χ1n) is 10.7. The Morgan fingerprint density at radius 1 is 1.23 bits per heavy atom. The van der Waals surface area contributed by atoms with Crippen molar-refractivity contribution >= 4 is 17.9 Å². The highest BCUT2D eigenvalue weighted by atomic mass is 16.4. The van der Waals surface area contributed by atoms with Crippen LogP contribution >= 0.6 is 0 Å². The molecule has 0 saturated heterocycles. The smallest absolute Gasteiger partial charge is 0.405 e. The van der Waals surface area contributed by atoms with Gasteiger partial charge >= 0.3 is 6.09 Å². The molecule has 2 rings (SSSR count). The van der Waals surface area contributed by atoms with Gasteiger partial charge in [-0.05, 0) is 37.5 Å². The van der Waals surface area contributed by atoms with Crippen LogP contribution in [0.4, 0.5) is 4.79 Å². The SMILES string of the molecule is CC(C)[C@@H]1CC[C@@H](C)C[C@H]1C(=O)NC[C@H](Cc1c[nH]cn1)NC(=O)[C@@H](C)NC(=O)O. The molecule has 1 aliphatic carbocycles. The lowest BCUT2D eigenvalue weighted by Gasteiger charge is -2.36. The molecule has 5 atom stereocenters. The van der Waals surface area contributed by atoms with Crippen molar-refractivity contribution in [2.45, 2.75) is 65.5 Å². The van der Waals surface area contributed by atoms with Gasteiger partial charge in [-0.15, -0.1) is 0 Å². The van der Waals surface area contributed by atoms with Crippen LogP contribution < -0.4 is 16.0 Å². The molecule has 30 heavy (non-hydrogen) atoms. The molecule has 0 radical (unpaired) electrons. The molecule has 9 heteroatoms. The molecule has 168 valence electrons.